The zero-order valence-corrected chi connectivity index (χ0v) is 22.9. The smallest absolute Gasteiger partial charge is 0.336 e. The highest BCUT2D eigenvalue weighted by Gasteiger charge is 2.45. The lowest BCUT2D eigenvalue weighted by molar-refractivity contribution is 0.0694. The fourth-order valence-electron chi connectivity index (χ4n) is 3.45. The molecule has 0 spiro atoms. The van der Waals surface area contributed by atoms with Gasteiger partial charge in [0.25, 0.3) is 8.32 Å². The second-order valence-electron chi connectivity index (χ2n) is 9.65. The van der Waals surface area contributed by atoms with Crippen LogP contribution in [0.4, 0.5) is 0 Å². The van der Waals surface area contributed by atoms with Gasteiger partial charge in [-0.1, -0.05) is 32.9 Å². The van der Waals surface area contributed by atoms with Gasteiger partial charge in [0.2, 0.25) is 5.89 Å². The Balaban J connectivity index is 2.43. The summed E-state index contributed by atoms with van der Waals surface area (Å²) in [5, 5.41) is 13.8. The first-order valence-corrected chi connectivity index (χ1v) is 15.1. The average Bonchev–Trinajstić information content (AvgIpc) is 3.15. The van der Waals surface area contributed by atoms with Crippen molar-refractivity contribution in [2.75, 3.05) is 12.9 Å². The third-order valence-electron chi connectivity index (χ3n) is 6.80. The summed E-state index contributed by atoms with van der Waals surface area (Å²) in [6.07, 6.45) is 0. The minimum Gasteiger partial charge on any atom is -0.543 e. The zero-order valence-electron chi connectivity index (χ0n) is 21.1. The molecule has 0 unspecified atom stereocenters. The van der Waals surface area contributed by atoms with E-state index in [4.69, 9.17) is 19.4 Å². The second kappa shape index (κ2) is 10.5. The van der Waals surface area contributed by atoms with E-state index >= 15 is 0 Å². The van der Waals surface area contributed by atoms with E-state index < -0.39 is 20.3 Å². The maximum Gasteiger partial charge on any atom is 0.336 e. The van der Waals surface area contributed by atoms with Crippen LogP contribution in [0.3, 0.4) is 0 Å². The van der Waals surface area contributed by atoms with E-state index in [1.54, 1.807) is 13.8 Å². The molecule has 1 atom stereocenters. The van der Waals surface area contributed by atoms with Crippen LogP contribution < -0.4 is 14.9 Å². The highest BCUT2D eigenvalue weighted by atomic mass is 32.2. The largest absolute Gasteiger partial charge is 0.543 e. The number of aromatic nitrogens is 2. The molecule has 0 aliphatic heterocycles. The van der Waals surface area contributed by atoms with Gasteiger partial charge >= 0.3 is 5.97 Å². The van der Waals surface area contributed by atoms with Gasteiger partial charge in [0.15, 0.2) is 5.82 Å². The number of rotatable bonds is 11. The highest BCUT2D eigenvalue weighted by Crippen LogP contribution is 2.46. The predicted molar refractivity (Wildman–Crippen MR) is 134 cm³/mol. The molecule has 8 nitrogen and oxygen atoms in total. The van der Waals surface area contributed by atoms with E-state index in [2.05, 4.69) is 50.9 Å². The SMILES string of the molecule is COc1cc(O[Si](C)(C)C(C)(C)C(C)C)c(CSC[C@H](N)c2nc(C)no2)c(C(=O)O)c1C. The van der Waals surface area contributed by atoms with Crippen LogP contribution in [0.5, 0.6) is 11.5 Å². The number of hydrogen-bond donors (Lipinski definition) is 2. The molecule has 3 N–H and O–H groups in total. The topological polar surface area (TPSA) is 121 Å². The maximum atomic E-state index is 12.3. The lowest BCUT2D eigenvalue weighted by Crippen LogP contribution is -2.48. The van der Waals surface area contributed by atoms with E-state index in [1.165, 1.54) is 18.9 Å². The summed E-state index contributed by atoms with van der Waals surface area (Å²) in [7, 11) is -0.764. The first kappa shape index (κ1) is 27.2. The van der Waals surface area contributed by atoms with Crippen molar-refractivity contribution in [3.8, 4) is 11.5 Å². The van der Waals surface area contributed by atoms with Gasteiger partial charge in [0.1, 0.15) is 11.5 Å². The Hall–Kier alpha value is -2.04. The Morgan fingerprint density at radius 1 is 1.30 bits per heavy atom. The molecule has 0 fully saturated rings. The minimum absolute atomic E-state index is 0.0446. The summed E-state index contributed by atoms with van der Waals surface area (Å²) in [5.74, 6) is 2.26. The number of ether oxygens (including phenoxy) is 1. The zero-order chi connectivity index (χ0) is 25.1. The Bertz CT molecular complexity index is 991. The van der Waals surface area contributed by atoms with Gasteiger partial charge in [-0.15, -0.1) is 0 Å². The van der Waals surface area contributed by atoms with Crippen molar-refractivity contribution in [1.82, 2.24) is 10.1 Å². The number of aromatic carboxylic acids is 1. The number of carboxylic acid groups (broad SMARTS) is 1. The maximum absolute atomic E-state index is 12.3. The van der Waals surface area contributed by atoms with Crippen LogP contribution >= 0.6 is 11.8 Å². The standard InChI is InChI=1S/C23H37N3O5SSi/c1-13(2)23(5,6)33(8,9)31-19-10-18(29-7)14(3)20(22(27)28)16(19)11-32-12-17(24)21-25-15(4)26-30-21/h10,13,17H,11-12,24H2,1-9H3,(H,27,28)/t17-/m0/s1. The van der Waals surface area contributed by atoms with Crippen LogP contribution in [0.15, 0.2) is 10.6 Å². The fraction of sp³-hybridized carbons (Fsp3) is 0.609. The number of benzene rings is 1. The van der Waals surface area contributed by atoms with Gasteiger partial charge in [0, 0.05) is 28.7 Å². The molecular formula is C23H37N3O5SSi. The molecule has 0 aliphatic carbocycles. The van der Waals surface area contributed by atoms with Crippen molar-refractivity contribution in [3.05, 3.63) is 34.5 Å². The van der Waals surface area contributed by atoms with Gasteiger partial charge in [-0.25, -0.2) is 4.79 Å². The molecule has 1 aromatic carbocycles. The molecule has 33 heavy (non-hydrogen) atoms. The fourth-order valence-corrected chi connectivity index (χ4v) is 6.84. The summed E-state index contributed by atoms with van der Waals surface area (Å²) < 4.78 is 17.4. The third-order valence-corrected chi connectivity index (χ3v) is 12.3. The van der Waals surface area contributed by atoms with Crippen molar-refractivity contribution in [2.45, 2.75) is 71.5 Å². The molecule has 2 rings (SSSR count). The summed E-state index contributed by atoms with van der Waals surface area (Å²) in [6, 6.07) is 1.38. The van der Waals surface area contributed by atoms with Crippen molar-refractivity contribution < 1.29 is 23.6 Å². The number of carbonyl (C=O) groups is 1. The van der Waals surface area contributed by atoms with Gasteiger partial charge in [0.05, 0.1) is 18.7 Å². The molecule has 0 saturated carbocycles. The van der Waals surface area contributed by atoms with Crippen LogP contribution in [-0.4, -0.2) is 42.4 Å². The summed E-state index contributed by atoms with van der Waals surface area (Å²) >= 11 is 1.50. The predicted octanol–water partition coefficient (Wildman–Crippen LogP) is 5.35. The molecule has 1 heterocycles. The second-order valence-corrected chi connectivity index (χ2v) is 15.2. The molecule has 0 radical (unpaired) electrons. The number of methoxy groups -OCH3 is 1. The van der Waals surface area contributed by atoms with Crippen LogP contribution in [0, 0.1) is 19.8 Å². The van der Waals surface area contributed by atoms with Crippen LogP contribution in [0.25, 0.3) is 0 Å². The van der Waals surface area contributed by atoms with Crippen LogP contribution in [0.2, 0.25) is 18.1 Å². The number of nitrogens with two attached hydrogens (primary N) is 1. The van der Waals surface area contributed by atoms with Gasteiger partial charge in [-0.05, 0) is 37.9 Å². The lowest BCUT2D eigenvalue weighted by Gasteiger charge is -2.43. The number of aryl methyl sites for hydroxylation is 1. The number of hydrogen-bond acceptors (Lipinski definition) is 8. The average molecular weight is 496 g/mol. The monoisotopic (exact) mass is 495 g/mol. The normalized spacial score (nSPS) is 13.3. The molecular weight excluding hydrogens is 458 g/mol. The van der Waals surface area contributed by atoms with Crippen molar-refractivity contribution >= 4 is 26.0 Å². The Labute approximate surface area is 201 Å². The van der Waals surface area contributed by atoms with E-state index in [1.807, 2.05) is 6.07 Å². The molecule has 10 heteroatoms. The minimum atomic E-state index is -2.30. The Morgan fingerprint density at radius 3 is 2.42 bits per heavy atom. The Morgan fingerprint density at radius 2 is 1.94 bits per heavy atom. The molecule has 0 bridgehead atoms. The van der Waals surface area contributed by atoms with Gasteiger partial charge < -0.3 is 24.5 Å². The number of thioether (sulfide) groups is 1. The first-order valence-electron chi connectivity index (χ1n) is 11.0. The van der Waals surface area contributed by atoms with E-state index in [-0.39, 0.29) is 10.6 Å². The highest BCUT2D eigenvalue weighted by molar-refractivity contribution is 7.98. The van der Waals surface area contributed by atoms with E-state index in [0.717, 1.165) is 0 Å². The molecule has 184 valence electrons. The number of nitrogens with zero attached hydrogens (tertiary/aromatic N) is 2. The molecule has 0 aliphatic rings. The number of carboxylic acids is 1. The van der Waals surface area contributed by atoms with Crippen molar-refractivity contribution in [2.24, 2.45) is 11.7 Å². The van der Waals surface area contributed by atoms with Crippen LogP contribution in [0.1, 0.15) is 66.9 Å². The molecule has 1 aromatic heterocycles. The van der Waals surface area contributed by atoms with Gasteiger partial charge in [-0.3, -0.25) is 0 Å². The van der Waals surface area contributed by atoms with E-state index in [0.29, 0.717) is 51.8 Å². The van der Waals surface area contributed by atoms with Crippen LogP contribution in [-0.2, 0) is 5.75 Å². The van der Waals surface area contributed by atoms with Crippen molar-refractivity contribution in [3.63, 3.8) is 0 Å². The summed E-state index contributed by atoms with van der Waals surface area (Å²) in [4.78, 5) is 16.5. The molecule has 2 aromatic rings. The molecule has 0 amide bonds. The van der Waals surface area contributed by atoms with Gasteiger partial charge in [-0.2, -0.15) is 16.7 Å². The first-order chi connectivity index (χ1) is 15.2. The summed E-state index contributed by atoms with van der Waals surface area (Å²) in [5.41, 5.74) is 7.63. The summed E-state index contributed by atoms with van der Waals surface area (Å²) in [6.45, 7) is 16.6. The Kier molecular flexibility index (Phi) is 8.64. The van der Waals surface area contributed by atoms with E-state index in [9.17, 15) is 9.90 Å². The quantitative estimate of drug-likeness (QED) is 0.397. The third kappa shape index (κ3) is 5.91. The molecule has 0 saturated heterocycles. The lowest BCUT2D eigenvalue weighted by atomic mass is 9.99. The van der Waals surface area contributed by atoms with Crippen molar-refractivity contribution in [1.29, 1.82) is 0 Å².